The van der Waals surface area contributed by atoms with Crippen LogP contribution < -0.4 is 5.32 Å². The van der Waals surface area contributed by atoms with Crippen LogP contribution in [0.1, 0.15) is 5.76 Å². The standard InChI is InChI=1S/C12H19N3O5/c1-9-6-10(14-20-9)13-11(16)7-15(4-5-18-2)12(17)8-19-3/h6H,4-5,7-8H2,1-3H3,(H,13,14,16). The maximum Gasteiger partial charge on any atom is 0.249 e. The first-order valence-corrected chi connectivity index (χ1v) is 6.05. The lowest BCUT2D eigenvalue weighted by Crippen LogP contribution is -2.41. The molecule has 0 atom stereocenters. The van der Waals surface area contributed by atoms with Gasteiger partial charge in [0.2, 0.25) is 11.8 Å². The van der Waals surface area contributed by atoms with Gasteiger partial charge in [-0.2, -0.15) is 0 Å². The first-order valence-electron chi connectivity index (χ1n) is 6.05. The Morgan fingerprint density at radius 2 is 2.15 bits per heavy atom. The summed E-state index contributed by atoms with van der Waals surface area (Å²) in [5, 5.41) is 6.19. The average molecular weight is 285 g/mol. The van der Waals surface area contributed by atoms with Crippen LogP contribution in [-0.4, -0.2) is 62.4 Å². The van der Waals surface area contributed by atoms with E-state index in [0.29, 0.717) is 24.7 Å². The van der Waals surface area contributed by atoms with Crippen molar-refractivity contribution >= 4 is 17.6 Å². The van der Waals surface area contributed by atoms with Crippen LogP contribution in [0, 0.1) is 6.92 Å². The second-order valence-electron chi connectivity index (χ2n) is 4.11. The number of hydrogen-bond acceptors (Lipinski definition) is 6. The van der Waals surface area contributed by atoms with Gasteiger partial charge in [0.05, 0.1) is 6.61 Å². The van der Waals surface area contributed by atoms with Crippen molar-refractivity contribution in [1.82, 2.24) is 10.1 Å². The van der Waals surface area contributed by atoms with E-state index in [1.54, 1.807) is 13.0 Å². The summed E-state index contributed by atoms with van der Waals surface area (Å²) in [5.41, 5.74) is 0. The van der Waals surface area contributed by atoms with Gasteiger partial charge in [-0.3, -0.25) is 9.59 Å². The number of nitrogens with zero attached hydrogens (tertiary/aromatic N) is 2. The van der Waals surface area contributed by atoms with Crippen molar-refractivity contribution in [1.29, 1.82) is 0 Å². The molecule has 0 aromatic carbocycles. The van der Waals surface area contributed by atoms with Crippen molar-refractivity contribution in [2.75, 3.05) is 45.8 Å². The van der Waals surface area contributed by atoms with Crippen LogP contribution in [0.4, 0.5) is 5.82 Å². The van der Waals surface area contributed by atoms with Gasteiger partial charge in [-0.15, -0.1) is 0 Å². The molecule has 1 aromatic rings. The van der Waals surface area contributed by atoms with Crippen LogP contribution in [0.2, 0.25) is 0 Å². The molecule has 0 unspecified atom stereocenters. The van der Waals surface area contributed by atoms with Crippen LogP contribution in [0.25, 0.3) is 0 Å². The molecule has 0 aliphatic carbocycles. The molecule has 0 aliphatic heterocycles. The number of carbonyl (C=O) groups is 2. The molecule has 2 amide bonds. The molecule has 20 heavy (non-hydrogen) atoms. The molecular weight excluding hydrogens is 266 g/mol. The zero-order chi connectivity index (χ0) is 15.0. The molecular formula is C12H19N3O5. The largest absolute Gasteiger partial charge is 0.383 e. The maximum absolute atomic E-state index is 11.8. The molecule has 0 fully saturated rings. The van der Waals surface area contributed by atoms with E-state index >= 15 is 0 Å². The fourth-order valence-corrected chi connectivity index (χ4v) is 1.49. The lowest BCUT2D eigenvalue weighted by atomic mass is 10.4. The zero-order valence-electron chi connectivity index (χ0n) is 11.8. The Kier molecular flexibility index (Phi) is 6.68. The topological polar surface area (TPSA) is 93.9 Å². The van der Waals surface area contributed by atoms with Crippen molar-refractivity contribution in [2.45, 2.75) is 6.92 Å². The number of aromatic nitrogens is 1. The van der Waals surface area contributed by atoms with Gasteiger partial charge in [0.15, 0.2) is 5.82 Å². The quantitative estimate of drug-likeness (QED) is 0.725. The molecule has 1 aromatic heterocycles. The summed E-state index contributed by atoms with van der Waals surface area (Å²) in [6.07, 6.45) is 0. The second-order valence-corrected chi connectivity index (χ2v) is 4.11. The van der Waals surface area contributed by atoms with E-state index in [-0.39, 0.29) is 25.0 Å². The summed E-state index contributed by atoms with van der Waals surface area (Å²) >= 11 is 0. The van der Waals surface area contributed by atoms with Gasteiger partial charge in [-0.25, -0.2) is 0 Å². The molecule has 0 spiro atoms. The van der Waals surface area contributed by atoms with Crippen LogP contribution in [0.3, 0.4) is 0 Å². The van der Waals surface area contributed by atoms with Gasteiger partial charge in [0, 0.05) is 26.8 Å². The highest BCUT2D eigenvalue weighted by atomic mass is 16.5. The lowest BCUT2D eigenvalue weighted by molar-refractivity contribution is -0.138. The summed E-state index contributed by atoms with van der Waals surface area (Å²) in [6, 6.07) is 1.59. The summed E-state index contributed by atoms with van der Waals surface area (Å²) in [6.45, 7) is 2.18. The van der Waals surface area contributed by atoms with Gasteiger partial charge in [-0.1, -0.05) is 5.16 Å². The van der Waals surface area contributed by atoms with E-state index in [0.717, 1.165) is 0 Å². The number of aryl methyl sites for hydroxylation is 1. The van der Waals surface area contributed by atoms with Crippen LogP contribution in [0.5, 0.6) is 0 Å². The van der Waals surface area contributed by atoms with E-state index in [9.17, 15) is 9.59 Å². The number of hydrogen-bond donors (Lipinski definition) is 1. The molecule has 0 radical (unpaired) electrons. The SMILES string of the molecule is COCCN(CC(=O)Nc1cc(C)on1)C(=O)COC. The van der Waals surface area contributed by atoms with Gasteiger partial charge in [0.1, 0.15) is 18.9 Å². The number of amides is 2. The minimum atomic E-state index is -0.362. The number of rotatable bonds is 8. The lowest BCUT2D eigenvalue weighted by Gasteiger charge is -2.21. The third-order valence-electron chi connectivity index (χ3n) is 2.42. The Morgan fingerprint density at radius 1 is 1.40 bits per heavy atom. The summed E-state index contributed by atoms with van der Waals surface area (Å²) in [7, 11) is 2.95. The van der Waals surface area contributed by atoms with E-state index in [1.807, 2.05) is 0 Å². The maximum atomic E-state index is 11.8. The van der Waals surface area contributed by atoms with Crippen molar-refractivity contribution < 1.29 is 23.6 Å². The Balaban J connectivity index is 2.54. The smallest absolute Gasteiger partial charge is 0.249 e. The normalized spacial score (nSPS) is 10.3. The number of methoxy groups -OCH3 is 2. The van der Waals surface area contributed by atoms with E-state index in [1.165, 1.54) is 19.1 Å². The molecule has 1 heterocycles. The van der Waals surface area contributed by atoms with Crippen molar-refractivity contribution in [2.24, 2.45) is 0 Å². The molecule has 1 N–H and O–H groups in total. The third kappa shape index (κ3) is 5.37. The molecule has 8 heteroatoms. The minimum Gasteiger partial charge on any atom is -0.383 e. The Labute approximate surface area is 117 Å². The Bertz CT molecular complexity index is 446. The van der Waals surface area contributed by atoms with Crippen molar-refractivity contribution in [3.8, 4) is 0 Å². The molecule has 0 saturated heterocycles. The predicted molar refractivity (Wildman–Crippen MR) is 70.2 cm³/mol. The molecule has 0 saturated carbocycles. The zero-order valence-corrected chi connectivity index (χ0v) is 11.8. The van der Waals surface area contributed by atoms with E-state index in [2.05, 4.69) is 10.5 Å². The first-order chi connectivity index (χ1) is 9.56. The Morgan fingerprint density at radius 3 is 2.70 bits per heavy atom. The number of ether oxygens (including phenoxy) is 2. The number of nitrogens with one attached hydrogen (secondary N) is 1. The first kappa shape index (κ1) is 16.1. The van der Waals surface area contributed by atoms with Crippen LogP contribution in [0.15, 0.2) is 10.6 Å². The highest BCUT2D eigenvalue weighted by Crippen LogP contribution is 2.06. The van der Waals surface area contributed by atoms with Gasteiger partial charge in [-0.05, 0) is 6.92 Å². The summed E-state index contributed by atoms with van der Waals surface area (Å²) in [5.74, 6) is 0.264. The monoisotopic (exact) mass is 285 g/mol. The van der Waals surface area contributed by atoms with Crippen LogP contribution >= 0.6 is 0 Å². The predicted octanol–water partition coefficient (Wildman–Crippen LogP) is 0.0429. The second kappa shape index (κ2) is 8.28. The molecule has 0 bridgehead atoms. The molecule has 112 valence electrons. The average Bonchev–Trinajstić information content (AvgIpc) is 2.80. The summed E-state index contributed by atoms with van der Waals surface area (Å²) in [4.78, 5) is 25.0. The molecule has 1 rings (SSSR count). The van der Waals surface area contributed by atoms with E-state index < -0.39 is 0 Å². The van der Waals surface area contributed by atoms with Gasteiger partial charge >= 0.3 is 0 Å². The van der Waals surface area contributed by atoms with Crippen LogP contribution in [-0.2, 0) is 19.1 Å². The fraction of sp³-hybridized carbons (Fsp3) is 0.583. The Hall–Kier alpha value is -1.93. The minimum absolute atomic E-state index is 0.0833. The van der Waals surface area contributed by atoms with Gasteiger partial charge < -0.3 is 24.2 Å². The van der Waals surface area contributed by atoms with Crippen molar-refractivity contribution in [3.05, 3.63) is 11.8 Å². The van der Waals surface area contributed by atoms with Crippen molar-refractivity contribution in [3.63, 3.8) is 0 Å². The fourth-order valence-electron chi connectivity index (χ4n) is 1.49. The molecule has 0 aliphatic rings. The number of anilines is 1. The highest BCUT2D eigenvalue weighted by molar-refractivity contribution is 5.93. The van der Waals surface area contributed by atoms with E-state index in [4.69, 9.17) is 14.0 Å². The molecule has 8 nitrogen and oxygen atoms in total. The van der Waals surface area contributed by atoms with Gasteiger partial charge in [0.25, 0.3) is 0 Å². The summed E-state index contributed by atoms with van der Waals surface area (Å²) < 4.78 is 14.5. The third-order valence-corrected chi connectivity index (χ3v) is 2.42. The number of carbonyl (C=O) groups excluding carboxylic acids is 2. The highest BCUT2D eigenvalue weighted by Gasteiger charge is 2.17.